The zero-order valence-corrected chi connectivity index (χ0v) is 21.9. The molecule has 3 aliphatic rings. The number of ether oxygens (including phenoxy) is 1. The van der Waals surface area contributed by atoms with Crippen molar-refractivity contribution in [3.05, 3.63) is 29.6 Å². The van der Waals surface area contributed by atoms with E-state index in [0.717, 1.165) is 37.9 Å². The quantitative estimate of drug-likeness (QED) is 0.322. The van der Waals surface area contributed by atoms with Crippen LogP contribution in [0.25, 0.3) is 0 Å². The van der Waals surface area contributed by atoms with Crippen molar-refractivity contribution in [2.45, 2.75) is 51.1 Å². The Morgan fingerprint density at radius 1 is 1.15 bits per heavy atom. The molecule has 0 spiro atoms. The van der Waals surface area contributed by atoms with Gasteiger partial charge in [-0.2, -0.15) is 0 Å². The van der Waals surface area contributed by atoms with Gasteiger partial charge in [-0.15, -0.1) is 24.0 Å². The van der Waals surface area contributed by atoms with E-state index < -0.39 is 0 Å². The highest BCUT2D eigenvalue weighted by atomic mass is 127. The van der Waals surface area contributed by atoms with Crippen molar-refractivity contribution in [1.29, 1.82) is 0 Å². The summed E-state index contributed by atoms with van der Waals surface area (Å²) in [5, 5.41) is 6.71. The summed E-state index contributed by atoms with van der Waals surface area (Å²) < 4.78 is 20.0. The van der Waals surface area contributed by atoms with Crippen LogP contribution in [0.15, 0.2) is 23.2 Å². The monoisotopic (exact) mass is 573 g/mol. The van der Waals surface area contributed by atoms with Crippen molar-refractivity contribution >= 4 is 41.5 Å². The maximum absolute atomic E-state index is 14.6. The van der Waals surface area contributed by atoms with Crippen LogP contribution in [0.2, 0.25) is 0 Å². The molecule has 9 heteroatoms. The largest absolute Gasteiger partial charge is 0.378 e. The second-order valence-electron chi connectivity index (χ2n) is 9.06. The molecule has 0 aromatic heterocycles. The van der Waals surface area contributed by atoms with E-state index in [1.165, 1.54) is 19.3 Å². The third-order valence-electron chi connectivity index (χ3n) is 6.84. The van der Waals surface area contributed by atoms with Crippen molar-refractivity contribution in [3.8, 4) is 0 Å². The molecule has 2 heterocycles. The van der Waals surface area contributed by atoms with Crippen molar-refractivity contribution in [2.24, 2.45) is 10.9 Å². The van der Waals surface area contributed by atoms with E-state index in [4.69, 9.17) is 4.74 Å². The minimum Gasteiger partial charge on any atom is -0.378 e. The fraction of sp³-hybridized carbons (Fsp3) is 0.667. The molecule has 4 rings (SSSR count). The maximum Gasteiger partial charge on any atom is 0.225 e. The van der Waals surface area contributed by atoms with E-state index in [9.17, 15) is 9.18 Å². The Morgan fingerprint density at radius 2 is 1.91 bits per heavy atom. The lowest BCUT2D eigenvalue weighted by Crippen LogP contribution is -2.45. The SMILES string of the molecule is CN=C(NCc1ccc(N2CCOCC2)c(F)c1)NC1CCN(C(=O)C2CCCCC2)C1.I. The molecule has 1 amide bonds. The summed E-state index contributed by atoms with van der Waals surface area (Å²) in [6.45, 7) is 4.71. The number of amides is 1. The summed E-state index contributed by atoms with van der Waals surface area (Å²) in [6.07, 6.45) is 6.61. The van der Waals surface area contributed by atoms with Gasteiger partial charge >= 0.3 is 0 Å². The number of morpholine rings is 1. The molecule has 1 saturated carbocycles. The molecule has 184 valence electrons. The summed E-state index contributed by atoms with van der Waals surface area (Å²) in [4.78, 5) is 21.1. The van der Waals surface area contributed by atoms with Crippen LogP contribution >= 0.6 is 24.0 Å². The number of hydrogen-bond acceptors (Lipinski definition) is 4. The number of benzene rings is 1. The Hall–Kier alpha value is -1.62. The van der Waals surface area contributed by atoms with Gasteiger partial charge in [0.15, 0.2) is 5.96 Å². The van der Waals surface area contributed by atoms with Gasteiger partial charge in [0.25, 0.3) is 0 Å². The number of carbonyl (C=O) groups excluding carboxylic acids is 1. The Bertz CT molecular complexity index is 812. The van der Waals surface area contributed by atoms with Gasteiger partial charge in [0, 0.05) is 51.7 Å². The van der Waals surface area contributed by atoms with Gasteiger partial charge in [-0.25, -0.2) is 4.39 Å². The van der Waals surface area contributed by atoms with Gasteiger partial charge in [-0.05, 0) is 37.0 Å². The standard InChI is InChI=1S/C24H36FN5O2.HI/c1-26-24(28-20-9-10-30(17-20)23(31)19-5-3-2-4-6-19)27-16-18-7-8-22(21(25)15-18)29-11-13-32-14-12-29;/h7-8,15,19-20H,2-6,9-14,16-17H2,1H3,(H2,26,27,28);1H. The predicted octanol–water partition coefficient (Wildman–Crippen LogP) is 3.13. The molecule has 2 saturated heterocycles. The highest BCUT2D eigenvalue weighted by Crippen LogP contribution is 2.27. The third-order valence-corrected chi connectivity index (χ3v) is 6.84. The molecule has 0 radical (unpaired) electrons. The number of rotatable bonds is 5. The van der Waals surface area contributed by atoms with E-state index >= 15 is 0 Å². The van der Waals surface area contributed by atoms with E-state index in [-0.39, 0.29) is 41.8 Å². The molecule has 1 aromatic carbocycles. The molecule has 7 nitrogen and oxygen atoms in total. The molecule has 1 aromatic rings. The average Bonchev–Trinajstić information content (AvgIpc) is 3.31. The van der Waals surface area contributed by atoms with Crippen LogP contribution in [0, 0.1) is 11.7 Å². The summed E-state index contributed by atoms with van der Waals surface area (Å²) in [6, 6.07) is 5.58. The fourth-order valence-corrected chi connectivity index (χ4v) is 4.98. The number of likely N-dealkylation sites (tertiary alicyclic amines) is 1. The Morgan fingerprint density at radius 3 is 2.61 bits per heavy atom. The normalized spacial score (nSPS) is 22.1. The van der Waals surface area contributed by atoms with Crippen molar-refractivity contribution < 1.29 is 13.9 Å². The van der Waals surface area contributed by atoms with E-state index in [0.29, 0.717) is 50.4 Å². The molecule has 1 unspecified atom stereocenters. The number of carbonyl (C=O) groups is 1. The lowest BCUT2D eigenvalue weighted by Gasteiger charge is -2.29. The molecule has 2 aliphatic heterocycles. The van der Waals surface area contributed by atoms with E-state index in [2.05, 4.69) is 15.6 Å². The topological polar surface area (TPSA) is 69.2 Å². The molecule has 33 heavy (non-hydrogen) atoms. The van der Waals surface area contributed by atoms with Crippen LogP contribution in [-0.2, 0) is 16.1 Å². The van der Waals surface area contributed by atoms with Gasteiger partial charge in [-0.1, -0.05) is 25.3 Å². The van der Waals surface area contributed by atoms with Crippen molar-refractivity contribution in [2.75, 3.05) is 51.3 Å². The van der Waals surface area contributed by atoms with Crippen molar-refractivity contribution in [3.63, 3.8) is 0 Å². The maximum atomic E-state index is 14.6. The van der Waals surface area contributed by atoms with Crippen molar-refractivity contribution in [1.82, 2.24) is 15.5 Å². The highest BCUT2D eigenvalue weighted by Gasteiger charge is 2.31. The van der Waals surface area contributed by atoms with E-state index in [1.807, 2.05) is 21.9 Å². The zero-order valence-electron chi connectivity index (χ0n) is 19.5. The molecule has 2 N–H and O–H groups in total. The van der Waals surface area contributed by atoms with Gasteiger partial charge in [0.05, 0.1) is 18.9 Å². The van der Waals surface area contributed by atoms with Crippen LogP contribution in [0.3, 0.4) is 0 Å². The van der Waals surface area contributed by atoms with Crippen LogP contribution in [-0.4, -0.2) is 69.2 Å². The summed E-state index contributed by atoms with van der Waals surface area (Å²) >= 11 is 0. The summed E-state index contributed by atoms with van der Waals surface area (Å²) in [5.41, 5.74) is 1.50. The minimum absolute atomic E-state index is 0. The lowest BCUT2D eigenvalue weighted by molar-refractivity contribution is -0.135. The number of anilines is 1. The molecule has 1 atom stereocenters. The number of hydrogen-bond donors (Lipinski definition) is 2. The second-order valence-corrected chi connectivity index (χ2v) is 9.06. The number of nitrogens with zero attached hydrogens (tertiary/aromatic N) is 3. The molecular weight excluding hydrogens is 536 g/mol. The lowest BCUT2D eigenvalue weighted by atomic mass is 9.88. The number of halogens is 2. The minimum atomic E-state index is -0.207. The molecular formula is C24H37FIN5O2. The predicted molar refractivity (Wildman–Crippen MR) is 140 cm³/mol. The van der Waals surface area contributed by atoms with Crippen LogP contribution in [0.1, 0.15) is 44.1 Å². The summed E-state index contributed by atoms with van der Waals surface area (Å²) in [7, 11) is 1.73. The first-order valence-electron chi connectivity index (χ1n) is 12.0. The number of guanidine groups is 1. The second kappa shape index (κ2) is 12.7. The Balaban J connectivity index is 0.00000306. The average molecular weight is 573 g/mol. The van der Waals surface area contributed by atoms with Gasteiger partial charge in [0.2, 0.25) is 5.91 Å². The Labute approximate surface area is 213 Å². The summed E-state index contributed by atoms with van der Waals surface area (Å²) in [5.74, 6) is 1.02. The first-order valence-corrected chi connectivity index (χ1v) is 12.0. The molecule has 3 fully saturated rings. The molecule has 1 aliphatic carbocycles. The molecule has 0 bridgehead atoms. The highest BCUT2D eigenvalue weighted by molar-refractivity contribution is 14.0. The number of nitrogens with one attached hydrogen (secondary N) is 2. The van der Waals surface area contributed by atoms with E-state index in [1.54, 1.807) is 13.1 Å². The van der Waals surface area contributed by atoms with Crippen LogP contribution in [0.5, 0.6) is 0 Å². The Kier molecular flexibility index (Phi) is 10.0. The van der Waals surface area contributed by atoms with Gasteiger partial charge in [0.1, 0.15) is 5.82 Å². The third kappa shape index (κ3) is 6.94. The fourth-order valence-electron chi connectivity index (χ4n) is 4.98. The zero-order chi connectivity index (χ0) is 22.3. The van der Waals surface area contributed by atoms with Gasteiger partial charge in [-0.3, -0.25) is 9.79 Å². The van der Waals surface area contributed by atoms with Crippen LogP contribution < -0.4 is 15.5 Å². The first-order chi connectivity index (χ1) is 15.6. The smallest absolute Gasteiger partial charge is 0.225 e. The number of aliphatic imine (C=N–C) groups is 1. The van der Waals surface area contributed by atoms with Crippen LogP contribution in [0.4, 0.5) is 10.1 Å². The first kappa shape index (κ1) is 26.0. The van der Waals surface area contributed by atoms with Gasteiger partial charge < -0.3 is 25.2 Å².